The van der Waals surface area contributed by atoms with Crippen LogP contribution < -0.4 is 5.32 Å². The van der Waals surface area contributed by atoms with Crippen LogP contribution in [-0.4, -0.2) is 28.5 Å². The summed E-state index contributed by atoms with van der Waals surface area (Å²) in [5.41, 5.74) is 1.07. The van der Waals surface area contributed by atoms with E-state index in [1.54, 1.807) is 4.68 Å². The second-order valence-electron chi connectivity index (χ2n) is 3.52. The van der Waals surface area contributed by atoms with Crippen LogP contribution in [0, 0.1) is 0 Å². The van der Waals surface area contributed by atoms with Gasteiger partial charge in [0.1, 0.15) is 0 Å². The molecule has 2 rings (SSSR count). The van der Waals surface area contributed by atoms with Crippen LogP contribution >= 0.6 is 0 Å². The highest BCUT2D eigenvalue weighted by Gasteiger charge is 2.23. The fourth-order valence-electron chi connectivity index (χ4n) is 1.63. The van der Waals surface area contributed by atoms with Gasteiger partial charge in [-0.2, -0.15) is 5.10 Å². The molecule has 0 aliphatic carbocycles. The molecule has 0 amide bonds. The molecule has 0 aromatic carbocycles. The standard InChI is InChI=1S/C9H15N3O/c1-7-9(3-4-13-7)11-8-5-10-12(2)6-8/h5-7,9,11H,3-4H2,1-2H3/t7-,9+/m0/s1. The Hall–Kier alpha value is -1.03. The lowest BCUT2D eigenvalue weighted by atomic mass is 10.1. The molecule has 2 heterocycles. The van der Waals surface area contributed by atoms with E-state index >= 15 is 0 Å². The quantitative estimate of drug-likeness (QED) is 0.740. The van der Waals surface area contributed by atoms with Crippen LogP contribution in [0.5, 0.6) is 0 Å². The van der Waals surface area contributed by atoms with Gasteiger partial charge in [-0.1, -0.05) is 0 Å². The molecule has 1 aliphatic rings. The minimum absolute atomic E-state index is 0.306. The molecule has 13 heavy (non-hydrogen) atoms. The number of hydrogen-bond acceptors (Lipinski definition) is 3. The van der Waals surface area contributed by atoms with Gasteiger partial charge in [-0.25, -0.2) is 0 Å². The molecule has 1 aromatic rings. The molecule has 1 N–H and O–H groups in total. The second kappa shape index (κ2) is 3.38. The fourth-order valence-corrected chi connectivity index (χ4v) is 1.63. The summed E-state index contributed by atoms with van der Waals surface area (Å²) in [6, 6.07) is 0.434. The van der Waals surface area contributed by atoms with Crippen LogP contribution in [-0.2, 0) is 11.8 Å². The monoisotopic (exact) mass is 181 g/mol. The Balaban J connectivity index is 1.97. The number of hydrogen-bond donors (Lipinski definition) is 1. The van der Waals surface area contributed by atoms with Gasteiger partial charge in [0.05, 0.1) is 24.0 Å². The molecule has 0 unspecified atom stereocenters. The third-order valence-corrected chi connectivity index (χ3v) is 2.43. The maximum atomic E-state index is 5.45. The average Bonchev–Trinajstić information content (AvgIpc) is 2.64. The number of anilines is 1. The van der Waals surface area contributed by atoms with Gasteiger partial charge in [0.2, 0.25) is 0 Å². The van der Waals surface area contributed by atoms with Crippen LogP contribution in [0.25, 0.3) is 0 Å². The molecule has 1 fully saturated rings. The number of aryl methyl sites for hydroxylation is 1. The van der Waals surface area contributed by atoms with E-state index in [2.05, 4.69) is 17.3 Å². The van der Waals surface area contributed by atoms with E-state index in [-0.39, 0.29) is 0 Å². The lowest BCUT2D eigenvalue weighted by Gasteiger charge is -2.15. The fraction of sp³-hybridized carbons (Fsp3) is 0.667. The normalized spacial score (nSPS) is 27.8. The summed E-state index contributed by atoms with van der Waals surface area (Å²) in [5, 5.41) is 7.50. The van der Waals surface area contributed by atoms with Gasteiger partial charge in [-0.15, -0.1) is 0 Å². The molecule has 0 saturated carbocycles. The first kappa shape index (κ1) is 8.56. The largest absolute Gasteiger partial charge is 0.377 e. The van der Waals surface area contributed by atoms with E-state index in [1.165, 1.54) is 0 Å². The van der Waals surface area contributed by atoms with Gasteiger partial charge < -0.3 is 10.1 Å². The first-order chi connectivity index (χ1) is 6.25. The van der Waals surface area contributed by atoms with Crippen LogP contribution in [0.4, 0.5) is 5.69 Å². The van der Waals surface area contributed by atoms with Crippen molar-refractivity contribution in [3.05, 3.63) is 12.4 Å². The molecule has 1 saturated heterocycles. The van der Waals surface area contributed by atoms with Gasteiger partial charge in [0.25, 0.3) is 0 Å². The lowest BCUT2D eigenvalue weighted by Crippen LogP contribution is -2.26. The van der Waals surface area contributed by atoms with Crippen molar-refractivity contribution in [3.63, 3.8) is 0 Å². The van der Waals surface area contributed by atoms with Crippen molar-refractivity contribution in [2.45, 2.75) is 25.5 Å². The number of rotatable bonds is 2. The average molecular weight is 181 g/mol. The summed E-state index contributed by atoms with van der Waals surface area (Å²) >= 11 is 0. The zero-order valence-electron chi connectivity index (χ0n) is 8.03. The van der Waals surface area contributed by atoms with Crippen molar-refractivity contribution in [1.82, 2.24) is 9.78 Å². The Kier molecular flexibility index (Phi) is 2.22. The Labute approximate surface area is 77.9 Å². The Morgan fingerprint density at radius 1 is 1.69 bits per heavy atom. The SMILES string of the molecule is C[C@@H]1OCC[C@H]1Nc1cnn(C)c1. The van der Waals surface area contributed by atoms with E-state index < -0.39 is 0 Å². The van der Waals surface area contributed by atoms with Crippen molar-refractivity contribution in [1.29, 1.82) is 0 Å². The van der Waals surface area contributed by atoms with Crippen molar-refractivity contribution in [2.24, 2.45) is 7.05 Å². The number of nitrogens with one attached hydrogen (secondary N) is 1. The smallest absolute Gasteiger partial charge is 0.0748 e. The highest BCUT2D eigenvalue weighted by Crippen LogP contribution is 2.17. The summed E-state index contributed by atoms with van der Waals surface area (Å²) in [4.78, 5) is 0. The highest BCUT2D eigenvalue weighted by molar-refractivity contribution is 5.39. The maximum absolute atomic E-state index is 5.45. The van der Waals surface area contributed by atoms with Gasteiger partial charge in [0, 0.05) is 19.9 Å². The molecule has 4 nitrogen and oxygen atoms in total. The van der Waals surface area contributed by atoms with Crippen LogP contribution in [0.15, 0.2) is 12.4 Å². The topological polar surface area (TPSA) is 39.1 Å². The maximum Gasteiger partial charge on any atom is 0.0748 e. The van der Waals surface area contributed by atoms with Crippen molar-refractivity contribution in [3.8, 4) is 0 Å². The van der Waals surface area contributed by atoms with E-state index in [0.29, 0.717) is 12.1 Å². The molecule has 1 aliphatic heterocycles. The molecule has 0 bridgehead atoms. The first-order valence-electron chi connectivity index (χ1n) is 4.62. The van der Waals surface area contributed by atoms with Crippen molar-refractivity contribution in [2.75, 3.05) is 11.9 Å². The van der Waals surface area contributed by atoms with Gasteiger partial charge in [-0.3, -0.25) is 4.68 Å². The van der Waals surface area contributed by atoms with E-state index in [0.717, 1.165) is 18.7 Å². The lowest BCUT2D eigenvalue weighted by molar-refractivity contribution is 0.121. The van der Waals surface area contributed by atoms with Gasteiger partial charge >= 0.3 is 0 Å². The predicted molar refractivity (Wildman–Crippen MR) is 50.6 cm³/mol. The Morgan fingerprint density at radius 2 is 2.54 bits per heavy atom. The van der Waals surface area contributed by atoms with Gasteiger partial charge in [-0.05, 0) is 13.3 Å². The van der Waals surface area contributed by atoms with E-state index in [1.807, 2.05) is 19.4 Å². The van der Waals surface area contributed by atoms with Crippen LogP contribution in [0.2, 0.25) is 0 Å². The van der Waals surface area contributed by atoms with E-state index in [4.69, 9.17) is 4.74 Å². The van der Waals surface area contributed by atoms with Crippen LogP contribution in [0.3, 0.4) is 0 Å². The number of ether oxygens (including phenoxy) is 1. The molecule has 72 valence electrons. The van der Waals surface area contributed by atoms with Crippen LogP contribution in [0.1, 0.15) is 13.3 Å². The molecule has 2 atom stereocenters. The first-order valence-corrected chi connectivity index (χ1v) is 4.62. The van der Waals surface area contributed by atoms with Crippen molar-refractivity contribution >= 4 is 5.69 Å². The minimum atomic E-state index is 0.306. The van der Waals surface area contributed by atoms with E-state index in [9.17, 15) is 0 Å². The second-order valence-corrected chi connectivity index (χ2v) is 3.52. The summed E-state index contributed by atoms with van der Waals surface area (Å²) in [7, 11) is 1.92. The summed E-state index contributed by atoms with van der Waals surface area (Å²) in [6.45, 7) is 2.96. The number of nitrogens with zero attached hydrogens (tertiary/aromatic N) is 2. The predicted octanol–water partition coefficient (Wildman–Crippen LogP) is 1.01. The highest BCUT2D eigenvalue weighted by atomic mass is 16.5. The minimum Gasteiger partial charge on any atom is -0.377 e. The molecular weight excluding hydrogens is 166 g/mol. The summed E-state index contributed by atoms with van der Waals surface area (Å²) < 4.78 is 7.25. The molecule has 0 radical (unpaired) electrons. The molecular formula is C9H15N3O. The van der Waals surface area contributed by atoms with Crippen molar-refractivity contribution < 1.29 is 4.74 Å². The molecule has 1 aromatic heterocycles. The van der Waals surface area contributed by atoms with Gasteiger partial charge in [0.15, 0.2) is 0 Å². The molecule has 4 heteroatoms. The Bertz CT molecular complexity index is 284. The third kappa shape index (κ3) is 1.83. The zero-order valence-corrected chi connectivity index (χ0v) is 8.03. The number of aromatic nitrogens is 2. The summed E-state index contributed by atoms with van der Waals surface area (Å²) in [6.07, 6.45) is 5.20. The zero-order chi connectivity index (χ0) is 9.26. The Morgan fingerprint density at radius 3 is 3.08 bits per heavy atom. The summed E-state index contributed by atoms with van der Waals surface area (Å²) in [5.74, 6) is 0. The third-order valence-electron chi connectivity index (χ3n) is 2.43. The molecule has 0 spiro atoms.